The first kappa shape index (κ1) is 16.6. The van der Waals surface area contributed by atoms with Gasteiger partial charge in [-0.15, -0.1) is 0 Å². The van der Waals surface area contributed by atoms with Crippen molar-refractivity contribution in [2.45, 2.75) is 17.9 Å². The Morgan fingerprint density at radius 3 is 2.19 bits per heavy atom. The van der Waals surface area contributed by atoms with Gasteiger partial charge >= 0.3 is 0 Å². The number of hydrogen-bond donors (Lipinski definition) is 1. The quantitative estimate of drug-likeness (QED) is 0.772. The maximum Gasteiger partial charge on any atom is 0.244 e. The molecule has 0 radical (unpaired) electrons. The molecule has 2 aromatic carbocycles. The van der Waals surface area contributed by atoms with Crippen LogP contribution in [0.2, 0.25) is 0 Å². The first-order chi connectivity index (χ1) is 9.79. The maximum absolute atomic E-state index is 13.8. The fourth-order valence-electron chi connectivity index (χ4n) is 1.81. The van der Waals surface area contributed by atoms with Crippen LogP contribution in [-0.4, -0.2) is 8.42 Å². The predicted molar refractivity (Wildman–Crippen MR) is 87.0 cm³/mol. The molecule has 0 aliphatic carbocycles. The lowest BCUT2D eigenvalue weighted by molar-refractivity contribution is 0.546. The molecule has 3 nitrogen and oxygen atoms in total. The minimum atomic E-state index is -3.92. The van der Waals surface area contributed by atoms with Gasteiger partial charge in [-0.1, -0.05) is 44.0 Å². The van der Waals surface area contributed by atoms with Crippen LogP contribution in [-0.2, 0) is 10.0 Å². The van der Waals surface area contributed by atoms with Gasteiger partial charge in [0.05, 0.1) is 0 Å². The van der Waals surface area contributed by atoms with Gasteiger partial charge in [0.1, 0.15) is 10.7 Å². The van der Waals surface area contributed by atoms with E-state index in [-0.39, 0.29) is 4.90 Å². The molecule has 0 fully saturated rings. The van der Waals surface area contributed by atoms with Gasteiger partial charge in [0.2, 0.25) is 10.0 Å². The highest BCUT2D eigenvalue weighted by atomic mass is 79.9. The molecule has 2 aromatic rings. The van der Waals surface area contributed by atoms with Crippen LogP contribution in [0, 0.1) is 5.82 Å². The summed E-state index contributed by atoms with van der Waals surface area (Å²) in [4.78, 5) is -0.366. The lowest BCUT2D eigenvalue weighted by atomic mass is 10.1. The third kappa shape index (κ3) is 4.12. The second-order valence-electron chi connectivity index (χ2n) is 4.47. The van der Waals surface area contributed by atoms with Gasteiger partial charge < -0.3 is 0 Å². The van der Waals surface area contributed by atoms with Gasteiger partial charge in [-0.05, 0) is 42.8 Å². The molecule has 0 heterocycles. The van der Waals surface area contributed by atoms with Crippen LogP contribution in [0.25, 0.3) is 0 Å². The van der Waals surface area contributed by atoms with Crippen molar-refractivity contribution >= 4 is 41.9 Å². The van der Waals surface area contributed by atoms with Gasteiger partial charge in [-0.2, -0.15) is 0 Å². The average Bonchev–Trinajstić information content (AvgIpc) is 2.38. The summed E-state index contributed by atoms with van der Waals surface area (Å²) in [5.41, 5.74) is 0.791. The van der Waals surface area contributed by atoms with E-state index in [1.54, 1.807) is 19.1 Å². The summed E-state index contributed by atoms with van der Waals surface area (Å²) in [6, 6.07) is 10.6. The summed E-state index contributed by atoms with van der Waals surface area (Å²) in [7, 11) is -3.92. The minimum absolute atomic E-state index is 0.366. The molecular formula is C14H12Br2FNO2S. The molecule has 0 aromatic heterocycles. The third-order valence-corrected chi connectivity index (χ3v) is 5.48. The van der Waals surface area contributed by atoms with Crippen molar-refractivity contribution in [1.82, 2.24) is 4.72 Å². The molecule has 1 atom stereocenters. The summed E-state index contributed by atoms with van der Waals surface area (Å²) in [5, 5.41) is 0. The molecule has 0 unspecified atom stereocenters. The smallest absolute Gasteiger partial charge is 0.207 e. The molecule has 21 heavy (non-hydrogen) atoms. The van der Waals surface area contributed by atoms with Crippen LogP contribution in [0.5, 0.6) is 0 Å². The van der Waals surface area contributed by atoms with Gasteiger partial charge in [-0.25, -0.2) is 17.5 Å². The van der Waals surface area contributed by atoms with E-state index in [2.05, 4.69) is 36.6 Å². The summed E-state index contributed by atoms with van der Waals surface area (Å²) in [5.74, 6) is -0.792. The first-order valence-corrected chi connectivity index (χ1v) is 9.09. The average molecular weight is 437 g/mol. The maximum atomic E-state index is 13.8. The normalized spacial score (nSPS) is 13.1. The molecule has 0 bridgehead atoms. The number of rotatable bonds is 4. The van der Waals surface area contributed by atoms with Crippen molar-refractivity contribution in [3.8, 4) is 0 Å². The third-order valence-electron chi connectivity index (χ3n) is 2.89. The van der Waals surface area contributed by atoms with E-state index in [1.165, 1.54) is 12.1 Å². The van der Waals surface area contributed by atoms with E-state index >= 15 is 0 Å². The fourth-order valence-corrected chi connectivity index (χ4v) is 3.70. The van der Waals surface area contributed by atoms with Crippen LogP contribution in [0.15, 0.2) is 56.3 Å². The van der Waals surface area contributed by atoms with Crippen LogP contribution < -0.4 is 4.72 Å². The Bertz CT molecular complexity index is 748. The zero-order chi connectivity index (χ0) is 15.6. The Labute approximate surface area is 139 Å². The zero-order valence-electron chi connectivity index (χ0n) is 11.0. The standard InChI is InChI=1S/C14H12Br2FNO2S/c1-9(10-2-4-11(15)5-3-10)18-21(19,20)14-7-6-12(16)8-13(14)17/h2-9,18H,1H3/t9-/m1/s1. The second kappa shape index (κ2) is 6.56. The Balaban J connectivity index is 2.26. The lowest BCUT2D eigenvalue weighted by Crippen LogP contribution is -2.27. The SMILES string of the molecule is C[C@@H](NS(=O)(=O)c1ccc(Br)cc1F)c1ccc(Br)cc1. The summed E-state index contributed by atoms with van der Waals surface area (Å²) in [6.45, 7) is 1.71. The molecule has 2 rings (SSSR count). The van der Waals surface area contributed by atoms with Crippen molar-refractivity contribution in [1.29, 1.82) is 0 Å². The summed E-state index contributed by atoms with van der Waals surface area (Å²) < 4.78 is 42.1. The highest BCUT2D eigenvalue weighted by Crippen LogP contribution is 2.22. The van der Waals surface area contributed by atoms with E-state index in [0.717, 1.165) is 16.1 Å². The van der Waals surface area contributed by atoms with Crippen LogP contribution in [0.4, 0.5) is 4.39 Å². The number of benzene rings is 2. The van der Waals surface area contributed by atoms with E-state index in [4.69, 9.17) is 0 Å². The molecule has 0 saturated carbocycles. The molecule has 0 amide bonds. The molecule has 0 aliphatic heterocycles. The molecular weight excluding hydrogens is 425 g/mol. The van der Waals surface area contributed by atoms with Gasteiger partial charge in [-0.3, -0.25) is 0 Å². The zero-order valence-corrected chi connectivity index (χ0v) is 15.0. The Kier molecular flexibility index (Phi) is 5.19. The Hall–Kier alpha value is -0.760. The Morgan fingerprint density at radius 2 is 1.62 bits per heavy atom. The van der Waals surface area contributed by atoms with E-state index in [1.807, 2.05) is 12.1 Å². The highest BCUT2D eigenvalue weighted by Gasteiger charge is 2.22. The number of sulfonamides is 1. The molecule has 7 heteroatoms. The first-order valence-electron chi connectivity index (χ1n) is 6.02. The molecule has 0 aliphatic rings. The number of halogens is 3. The van der Waals surface area contributed by atoms with Crippen LogP contribution in [0.1, 0.15) is 18.5 Å². The van der Waals surface area contributed by atoms with Crippen molar-refractivity contribution in [2.24, 2.45) is 0 Å². The highest BCUT2D eigenvalue weighted by molar-refractivity contribution is 9.10. The topological polar surface area (TPSA) is 46.2 Å². The van der Waals surface area contributed by atoms with E-state index < -0.39 is 21.9 Å². The monoisotopic (exact) mass is 435 g/mol. The van der Waals surface area contributed by atoms with Gasteiger partial charge in [0, 0.05) is 15.0 Å². The molecule has 1 N–H and O–H groups in total. The molecule has 0 spiro atoms. The summed E-state index contributed by atoms with van der Waals surface area (Å²) in [6.07, 6.45) is 0. The largest absolute Gasteiger partial charge is 0.244 e. The lowest BCUT2D eigenvalue weighted by Gasteiger charge is -2.15. The van der Waals surface area contributed by atoms with Crippen molar-refractivity contribution in [3.05, 3.63) is 62.8 Å². The number of hydrogen-bond acceptors (Lipinski definition) is 2. The van der Waals surface area contributed by atoms with Gasteiger partial charge in [0.15, 0.2) is 0 Å². The van der Waals surface area contributed by atoms with Gasteiger partial charge in [0.25, 0.3) is 0 Å². The van der Waals surface area contributed by atoms with Crippen LogP contribution >= 0.6 is 31.9 Å². The van der Waals surface area contributed by atoms with E-state index in [9.17, 15) is 12.8 Å². The van der Waals surface area contributed by atoms with Crippen molar-refractivity contribution < 1.29 is 12.8 Å². The fraction of sp³-hybridized carbons (Fsp3) is 0.143. The summed E-state index contributed by atoms with van der Waals surface area (Å²) >= 11 is 6.41. The van der Waals surface area contributed by atoms with Crippen LogP contribution in [0.3, 0.4) is 0 Å². The van der Waals surface area contributed by atoms with Crippen molar-refractivity contribution in [3.63, 3.8) is 0 Å². The number of nitrogens with one attached hydrogen (secondary N) is 1. The van der Waals surface area contributed by atoms with E-state index in [0.29, 0.717) is 4.47 Å². The second-order valence-corrected chi connectivity index (χ2v) is 7.98. The predicted octanol–water partition coefficient (Wildman–Crippen LogP) is 4.39. The van der Waals surface area contributed by atoms with Crippen molar-refractivity contribution in [2.75, 3.05) is 0 Å². The molecule has 0 saturated heterocycles. The minimum Gasteiger partial charge on any atom is -0.207 e. The Morgan fingerprint density at radius 1 is 1.05 bits per heavy atom. The molecule has 112 valence electrons.